The van der Waals surface area contributed by atoms with Crippen LogP contribution in [-0.2, 0) is 4.79 Å². The zero-order valence-corrected chi connectivity index (χ0v) is 8.42. The fourth-order valence-electron chi connectivity index (χ4n) is 1.10. The van der Waals surface area contributed by atoms with Crippen molar-refractivity contribution in [2.24, 2.45) is 0 Å². The van der Waals surface area contributed by atoms with Crippen molar-refractivity contribution >= 4 is 11.8 Å². The van der Waals surface area contributed by atoms with Crippen LogP contribution in [0.2, 0.25) is 0 Å². The van der Waals surface area contributed by atoms with Crippen LogP contribution in [0.4, 0.5) is 0 Å². The number of aryl methyl sites for hydroxylation is 2. The van der Waals surface area contributed by atoms with Crippen molar-refractivity contribution in [3.63, 3.8) is 0 Å². The highest BCUT2D eigenvalue weighted by atomic mass is 16.2. The molecular weight excluding hydrogens is 180 g/mol. The van der Waals surface area contributed by atoms with Gasteiger partial charge < -0.3 is 0 Å². The van der Waals surface area contributed by atoms with Crippen LogP contribution in [0.3, 0.4) is 0 Å². The first-order valence-electron chi connectivity index (χ1n) is 4.26. The summed E-state index contributed by atoms with van der Waals surface area (Å²) in [6.07, 6.45) is 1.62. The third kappa shape index (κ3) is 2.39. The monoisotopic (exact) mass is 192 g/mol. The first kappa shape index (κ1) is 10.4. The van der Waals surface area contributed by atoms with E-state index in [9.17, 15) is 9.59 Å². The summed E-state index contributed by atoms with van der Waals surface area (Å²) in [5.41, 5.74) is 2.01. The average Bonchev–Trinajstić information content (AvgIpc) is 2.08. The van der Waals surface area contributed by atoms with Crippen molar-refractivity contribution in [3.8, 4) is 0 Å². The molecule has 1 N–H and O–H groups in total. The molecule has 1 aromatic heterocycles. The van der Waals surface area contributed by atoms with Crippen molar-refractivity contribution in [1.29, 1.82) is 0 Å². The van der Waals surface area contributed by atoms with E-state index in [1.54, 1.807) is 26.1 Å². The number of amides is 2. The van der Waals surface area contributed by atoms with Crippen LogP contribution in [0.5, 0.6) is 0 Å². The maximum atomic E-state index is 11.5. The second-order valence-electron chi connectivity index (χ2n) is 3.15. The van der Waals surface area contributed by atoms with Crippen LogP contribution in [0, 0.1) is 13.8 Å². The molecule has 0 aliphatic heterocycles. The molecule has 0 bridgehead atoms. The highest BCUT2D eigenvalue weighted by Gasteiger charge is 2.10. The second-order valence-corrected chi connectivity index (χ2v) is 3.15. The summed E-state index contributed by atoms with van der Waals surface area (Å²) < 4.78 is 0. The molecule has 0 aliphatic carbocycles. The lowest BCUT2D eigenvalue weighted by Crippen LogP contribution is -2.28. The van der Waals surface area contributed by atoms with Gasteiger partial charge in [-0.05, 0) is 25.5 Å². The summed E-state index contributed by atoms with van der Waals surface area (Å²) in [6, 6.07) is 1.66. The van der Waals surface area contributed by atoms with Gasteiger partial charge in [-0.2, -0.15) is 0 Å². The molecular formula is C10H12N2O2. The molecule has 0 fully saturated rings. The third-order valence-electron chi connectivity index (χ3n) is 1.77. The predicted octanol–water partition coefficient (Wildman–Crippen LogP) is 0.975. The maximum Gasteiger partial charge on any atom is 0.258 e. The van der Waals surface area contributed by atoms with Gasteiger partial charge in [0.1, 0.15) is 0 Å². The number of nitrogens with one attached hydrogen (secondary N) is 1. The summed E-state index contributed by atoms with van der Waals surface area (Å²) >= 11 is 0. The summed E-state index contributed by atoms with van der Waals surface area (Å²) in [6.45, 7) is 4.88. The SMILES string of the molecule is CC(=O)NC(=O)c1cc(C)ncc1C. The van der Waals surface area contributed by atoms with Crippen LogP contribution < -0.4 is 5.32 Å². The number of rotatable bonds is 1. The Kier molecular flexibility index (Phi) is 2.96. The van der Waals surface area contributed by atoms with Gasteiger partial charge in [0.2, 0.25) is 5.91 Å². The summed E-state index contributed by atoms with van der Waals surface area (Å²) in [7, 11) is 0. The number of aromatic nitrogens is 1. The van der Waals surface area contributed by atoms with Gasteiger partial charge >= 0.3 is 0 Å². The molecule has 1 aromatic rings. The van der Waals surface area contributed by atoms with Gasteiger partial charge in [-0.3, -0.25) is 19.9 Å². The van der Waals surface area contributed by atoms with Crippen molar-refractivity contribution in [2.45, 2.75) is 20.8 Å². The van der Waals surface area contributed by atoms with E-state index >= 15 is 0 Å². The van der Waals surface area contributed by atoms with Crippen LogP contribution in [0.15, 0.2) is 12.3 Å². The van der Waals surface area contributed by atoms with Gasteiger partial charge in [0.05, 0.1) is 0 Å². The molecule has 1 heterocycles. The first-order chi connectivity index (χ1) is 6.50. The van der Waals surface area contributed by atoms with E-state index in [2.05, 4.69) is 10.3 Å². The molecule has 0 aliphatic rings. The molecule has 14 heavy (non-hydrogen) atoms. The summed E-state index contributed by atoms with van der Waals surface area (Å²) in [5, 5.41) is 2.22. The highest BCUT2D eigenvalue weighted by Crippen LogP contribution is 2.07. The molecule has 4 nitrogen and oxygen atoms in total. The summed E-state index contributed by atoms with van der Waals surface area (Å²) in [5.74, 6) is -0.732. The van der Waals surface area contributed by atoms with Crippen molar-refractivity contribution in [2.75, 3.05) is 0 Å². The summed E-state index contributed by atoms with van der Waals surface area (Å²) in [4.78, 5) is 26.2. The van der Waals surface area contributed by atoms with Gasteiger partial charge in [-0.1, -0.05) is 0 Å². The molecule has 4 heteroatoms. The van der Waals surface area contributed by atoms with Gasteiger partial charge in [0.25, 0.3) is 5.91 Å². The number of pyridine rings is 1. The Labute approximate surface area is 82.3 Å². The molecule has 0 spiro atoms. The fourth-order valence-corrected chi connectivity index (χ4v) is 1.10. The Bertz CT molecular complexity index is 386. The average molecular weight is 192 g/mol. The van der Waals surface area contributed by atoms with Crippen LogP contribution >= 0.6 is 0 Å². The Morgan fingerprint density at radius 2 is 2.00 bits per heavy atom. The van der Waals surface area contributed by atoms with E-state index in [0.717, 1.165) is 11.3 Å². The third-order valence-corrected chi connectivity index (χ3v) is 1.77. The van der Waals surface area contributed by atoms with Gasteiger partial charge in [-0.15, -0.1) is 0 Å². The van der Waals surface area contributed by atoms with Crippen molar-refractivity contribution in [3.05, 3.63) is 29.1 Å². The van der Waals surface area contributed by atoms with E-state index in [1.807, 2.05) is 0 Å². The molecule has 0 atom stereocenters. The van der Waals surface area contributed by atoms with Crippen molar-refractivity contribution in [1.82, 2.24) is 10.3 Å². The molecule has 1 rings (SSSR count). The van der Waals surface area contributed by atoms with E-state index in [1.165, 1.54) is 6.92 Å². The Morgan fingerprint density at radius 1 is 1.36 bits per heavy atom. The van der Waals surface area contributed by atoms with E-state index in [-0.39, 0.29) is 11.8 Å². The van der Waals surface area contributed by atoms with Crippen LogP contribution in [-0.4, -0.2) is 16.8 Å². The normalized spacial score (nSPS) is 9.64. The topological polar surface area (TPSA) is 59.1 Å². The Morgan fingerprint density at radius 3 is 2.57 bits per heavy atom. The van der Waals surface area contributed by atoms with Gasteiger partial charge in [-0.25, -0.2) is 0 Å². The second kappa shape index (κ2) is 4.00. The predicted molar refractivity (Wildman–Crippen MR) is 51.9 cm³/mol. The zero-order chi connectivity index (χ0) is 10.7. The van der Waals surface area contributed by atoms with Crippen LogP contribution in [0.25, 0.3) is 0 Å². The standard InChI is InChI=1S/C10H12N2O2/c1-6-5-11-7(2)4-9(6)10(14)12-8(3)13/h4-5H,1-3H3,(H,12,13,14). The Balaban J connectivity index is 3.00. The molecule has 0 saturated heterocycles. The molecule has 74 valence electrons. The Hall–Kier alpha value is -1.71. The van der Waals surface area contributed by atoms with E-state index in [4.69, 9.17) is 0 Å². The number of imide groups is 1. The molecule has 0 aromatic carbocycles. The lowest BCUT2D eigenvalue weighted by Gasteiger charge is -2.05. The largest absolute Gasteiger partial charge is 0.293 e. The molecule has 0 radical (unpaired) electrons. The number of hydrogen-bond acceptors (Lipinski definition) is 3. The van der Waals surface area contributed by atoms with E-state index in [0.29, 0.717) is 5.56 Å². The first-order valence-corrected chi connectivity index (χ1v) is 4.26. The number of nitrogens with zero attached hydrogens (tertiary/aromatic N) is 1. The molecule has 0 unspecified atom stereocenters. The molecule has 0 saturated carbocycles. The number of hydrogen-bond donors (Lipinski definition) is 1. The van der Waals surface area contributed by atoms with E-state index < -0.39 is 0 Å². The smallest absolute Gasteiger partial charge is 0.258 e. The zero-order valence-electron chi connectivity index (χ0n) is 8.42. The number of carbonyl (C=O) groups excluding carboxylic acids is 2. The lowest BCUT2D eigenvalue weighted by molar-refractivity contribution is -0.118. The minimum Gasteiger partial charge on any atom is -0.293 e. The minimum atomic E-state index is -0.375. The van der Waals surface area contributed by atoms with Crippen molar-refractivity contribution < 1.29 is 9.59 Å². The van der Waals surface area contributed by atoms with Gasteiger partial charge in [0, 0.05) is 24.4 Å². The van der Waals surface area contributed by atoms with Gasteiger partial charge in [0.15, 0.2) is 0 Å². The molecule has 2 amide bonds. The maximum absolute atomic E-state index is 11.5. The number of carbonyl (C=O) groups is 2. The highest BCUT2D eigenvalue weighted by molar-refractivity contribution is 6.04. The van der Waals surface area contributed by atoms with Crippen LogP contribution in [0.1, 0.15) is 28.5 Å². The fraction of sp³-hybridized carbons (Fsp3) is 0.300. The minimum absolute atomic E-state index is 0.358. The quantitative estimate of drug-likeness (QED) is 0.721. The lowest BCUT2D eigenvalue weighted by atomic mass is 10.1.